The van der Waals surface area contributed by atoms with Gasteiger partial charge >= 0.3 is 11.8 Å². The summed E-state index contributed by atoms with van der Waals surface area (Å²) < 4.78 is 5.82. The molecule has 0 aliphatic carbocycles. The van der Waals surface area contributed by atoms with Crippen LogP contribution in [0.4, 0.5) is 5.69 Å². The van der Waals surface area contributed by atoms with Crippen molar-refractivity contribution in [2.45, 2.75) is 6.61 Å². The van der Waals surface area contributed by atoms with Gasteiger partial charge in [-0.15, -0.1) is 0 Å². The van der Waals surface area contributed by atoms with E-state index in [0.29, 0.717) is 28.6 Å². The Kier molecular flexibility index (Phi) is 6.97. The van der Waals surface area contributed by atoms with Crippen LogP contribution < -0.4 is 15.5 Å². The zero-order valence-electron chi connectivity index (χ0n) is 15.3. The predicted octanol–water partition coefficient (Wildman–Crippen LogP) is 4.01. The first-order valence-electron chi connectivity index (χ1n) is 8.77. The predicted molar refractivity (Wildman–Crippen MR) is 113 cm³/mol. The maximum absolute atomic E-state index is 11.9. The molecule has 0 spiro atoms. The van der Waals surface area contributed by atoms with Gasteiger partial charge in [-0.1, -0.05) is 54.1 Å². The standard InChI is InChI=1S/C22H18ClN3O3/c23-18-10-12-19(13-11-18)25-21(27)22(28)26-24-14-17-8-4-5-9-20(17)29-15-16-6-2-1-3-7-16/h1-14H,15H2,(H,25,27)(H,26,28)/b24-14-. The molecule has 3 aromatic rings. The van der Waals surface area contributed by atoms with Crippen molar-refractivity contribution < 1.29 is 14.3 Å². The van der Waals surface area contributed by atoms with E-state index in [1.807, 2.05) is 42.5 Å². The molecule has 7 heteroatoms. The third kappa shape index (κ3) is 6.19. The Morgan fingerprint density at radius 2 is 1.59 bits per heavy atom. The van der Waals surface area contributed by atoms with Crippen molar-refractivity contribution in [1.82, 2.24) is 5.43 Å². The quantitative estimate of drug-likeness (QED) is 0.368. The molecule has 2 amide bonds. The average molecular weight is 408 g/mol. The van der Waals surface area contributed by atoms with Gasteiger partial charge in [-0.3, -0.25) is 9.59 Å². The number of amides is 2. The van der Waals surface area contributed by atoms with E-state index in [2.05, 4.69) is 15.8 Å². The summed E-state index contributed by atoms with van der Waals surface area (Å²) in [6.07, 6.45) is 1.42. The first-order chi connectivity index (χ1) is 14.1. The zero-order valence-corrected chi connectivity index (χ0v) is 16.1. The highest BCUT2D eigenvalue weighted by molar-refractivity contribution is 6.39. The van der Waals surface area contributed by atoms with Crippen LogP contribution >= 0.6 is 11.6 Å². The highest BCUT2D eigenvalue weighted by atomic mass is 35.5. The van der Waals surface area contributed by atoms with Gasteiger partial charge < -0.3 is 10.1 Å². The van der Waals surface area contributed by atoms with E-state index >= 15 is 0 Å². The smallest absolute Gasteiger partial charge is 0.329 e. The topological polar surface area (TPSA) is 79.8 Å². The number of para-hydroxylation sites is 1. The van der Waals surface area contributed by atoms with E-state index in [9.17, 15) is 9.59 Å². The summed E-state index contributed by atoms with van der Waals surface area (Å²) in [6.45, 7) is 0.404. The van der Waals surface area contributed by atoms with Crippen LogP contribution in [0.3, 0.4) is 0 Å². The number of carbonyl (C=O) groups excluding carboxylic acids is 2. The third-order valence-corrected chi connectivity index (χ3v) is 4.09. The molecule has 146 valence electrons. The van der Waals surface area contributed by atoms with Crippen LogP contribution in [-0.4, -0.2) is 18.0 Å². The zero-order chi connectivity index (χ0) is 20.5. The van der Waals surface area contributed by atoms with Gasteiger partial charge in [0.25, 0.3) is 0 Å². The Hall–Kier alpha value is -3.64. The first-order valence-corrected chi connectivity index (χ1v) is 9.15. The Morgan fingerprint density at radius 1 is 0.897 bits per heavy atom. The molecule has 2 N–H and O–H groups in total. The van der Waals surface area contributed by atoms with E-state index in [0.717, 1.165) is 5.56 Å². The van der Waals surface area contributed by atoms with E-state index in [1.165, 1.54) is 6.21 Å². The highest BCUT2D eigenvalue weighted by Crippen LogP contribution is 2.17. The van der Waals surface area contributed by atoms with Crippen LogP contribution in [0.15, 0.2) is 84.0 Å². The van der Waals surface area contributed by atoms with Gasteiger partial charge in [0.1, 0.15) is 12.4 Å². The lowest BCUT2D eigenvalue weighted by atomic mass is 10.2. The summed E-state index contributed by atoms with van der Waals surface area (Å²) in [6, 6.07) is 23.4. The normalized spacial score (nSPS) is 10.5. The minimum absolute atomic E-state index is 0.404. The second-order valence-electron chi connectivity index (χ2n) is 5.97. The number of hydrogen-bond acceptors (Lipinski definition) is 4. The molecule has 3 rings (SSSR count). The molecular formula is C22H18ClN3O3. The number of nitrogens with zero attached hydrogens (tertiary/aromatic N) is 1. The molecule has 0 unspecified atom stereocenters. The van der Waals surface area contributed by atoms with Crippen LogP contribution in [0.5, 0.6) is 5.75 Å². The largest absolute Gasteiger partial charge is 0.488 e. The number of ether oxygens (including phenoxy) is 1. The number of anilines is 1. The molecule has 3 aromatic carbocycles. The summed E-state index contributed by atoms with van der Waals surface area (Å²) in [5, 5.41) is 6.84. The van der Waals surface area contributed by atoms with E-state index < -0.39 is 11.8 Å². The van der Waals surface area contributed by atoms with E-state index in [1.54, 1.807) is 36.4 Å². The molecule has 0 aliphatic heterocycles. The first kappa shape index (κ1) is 20.1. The van der Waals surface area contributed by atoms with Gasteiger partial charge in [-0.05, 0) is 42.0 Å². The fraction of sp³-hybridized carbons (Fsp3) is 0.0455. The summed E-state index contributed by atoms with van der Waals surface area (Å²) in [7, 11) is 0. The van der Waals surface area contributed by atoms with Crippen molar-refractivity contribution in [2.24, 2.45) is 5.10 Å². The van der Waals surface area contributed by atoms with Crippen molar-refractivity contribution in [1.29, 1.82) is 0 Å². The number of hydrogen-bond donors (Lipinski definition) is 2. The molecule has 0 radical (unpaired) electrons. The lowest BCUT2D eigenvalue weighted by Gasteiger charge is -2.09. The second-order valence-corrected chi connectivity index (χ2v) is 6.41. The Morgan fingerprint density at radius 3 is 2.34 bits per heavy atom. The van der Waals surface area contributed by atoms with Gasteiger partial charge in [-0.25, -0.2) is 5.43 Å². The van der Waals surface area contributed by atoms with Crippen LogP contribution in [0.25, 0.3) is 0 Å². The van der Waals surface area contributed by atoms with Gasteiger partial charge in [0.05, 0.1) is 6.21 Å². The molecule has 6 nitrogen and oxygen atoms in total. The van der Waals surface area contributed by atoms with Crippen molar-refractivity contribution in [2.75, 3.05) is 5.32 Å². The SMILES string of the molecule is O=C(N/N=C\c1ccccc1OCc1ccccc1)C(=O)Nc1ccc(Cl)cc1. The number of benzene rings is 3. The number of nitrogens with one attached hydrogen (secondary N) is 2. The van der Waals surface area contributed by atoms with Gasteiger partial charge in [0, 0.05) is 16.3 Å². The van der Waals surface area contributed by atoms with Gasteiger partial charge in [0.15, 0.2) is 0 Å². The number of rotatable bonds is 6. The molecule has 0 aromatic heterocycles. The molecular weight excluding hydrogens is 390 g/mol. The average Bonchev–Trinajstić information content (AvgIpc) is 2.75. The maximum Gasteiger partial charge on any atom is 0.329 e. The van der Waals surface area contributed by atoms with Crippen molar-refractivity contribution >= 4 is 35.3 Å². The molecule has 0 bridgehead atoms. The summed E-state index contributed by atoms with van der Waals surface area (Å²) in [5.41, 5.74) is 4.36. The lowest BCUT2D eigenvalue weighted by Crippen LogP contribution is -2.32. The summed E-state index contributed by atoms with van der Waals surface area (Å²) >= 11 is 5.79. The molecule has 0 saturated heterocycles. The number of halogens is 1. The van der Waals surface area contributed by atoms with Crippen molar-refractivity contribution in [3.63, 3.8) is 0 Å². The van der Waals surface area contributed by atoms with Crippen molar-refractivity contribution in [3.8, 4) is 5.75 Å². The van der Waals surface area contributed by atoms with Gasteiger partial charge in [-0.2, -0.15) is 5.10 Å². The monoisotopic (exact) mass is 407 g/mol. The Balaban J connectivity index is 1.56. The molecule has 29 heavy (non-hydrogen) atoms. The van der Waals surface area contributed by atoms with E-state index in [-0.39, 0.29) is 0 Å². The van der Waals surface area contributed by atoms with Crippen LogP contribution in [0, 0.1) is 0 Å². The van der Waals surface area contributed by atoms with Crippen LogP contribution in [0.2, 0.25) is 5.02 Å². The molecule has 0 heterocycles. The maximum atomic E-state index is 11.9. The molecule has 0 saturated carbocycles. The van der Waals surface area contributed by atoms with Crippen LogP contribution in [-0.2, 0) is 16.2 Å². The minimum atomic E-state index is -0.890. The fourth-order valence-electron chi connectivity index (χ4n) is 2.39. The third-order valence-electron chi connectivity index (χ3n) is 3.83. The fourth-order valence-corrected chi connectivity index (χ4v) is 2.51. The Bertz CT molecular complexity index is 1010. The highest BCUT2D eigenvalue weighted by Gasteiger charge is 2.12. The van der Waals surface area contributed by atoms with Crippen molar-refractivity contribution in [3.05, 3.63) is 95.0 Å². The van der Waals surface area contributed by atoms with Crippen LogP contribution in [0.1, 0.15) is 11.1 Å². The minimum Gasteiger partial charge on any atom is -0.488 e. The Labute approximate surface area is 173 Å². The lowest BCUT2D eigenvalue weighted by molar-refractivity contribution is -0.136. The molecule has 0 aliphatic rings. The number of carbonyl (C=O) groups is 2. The molecule has 0 atom stereocenters. The van der Waals surface area contributed by atoms with Gasteiger partial charge in [0.2, 0.25) is 0 Å². The molecule has 0 fully saturated rings. The van der Waals surface area contributed by atoms with E-state index in [4.69, 9.17) is 16.3 Å². The second kappa shape index (κ2) is 10.1. The summed E-state index contributed by atoms with van der Waals surface area (Å²) in [5.74, 6) is -1.11. The number of hydrazone groups is 1. The summed E-state index contributed by atoms with van der Waals surface area (Å²) in [4.78, 5) is 23.8.